The van der Waals surface area contributed by atoms with Gasteiger partial charge in [0.15, 0.2) is 0 Å². The summed E-state index contributed by atoms with van der Waals surface area (Å²) in [4.78, 5) is 21.9. The van der Waals surface area contributed by atoms with Crippen molar-refractivity contribution in [3.63, 3.8) is 0 Å². The molecule has 0 aromatic heterocycles. The van der Waals surface area contributed by atoms with E-state index in [4.69, 9.17) is 0 Å². The number of hydrogen-bond donors (Lipinski definition) is 2. The van der Waals surface area contributed by atoms with Crippen LogP contribution in [0.4, 0.5) is 10.5 Å². The number of ether oxygens (including phenoxy) is 1. The third kappa shape index (κ3) is 4.12. The predicted molar refractivity (Wildman–Crippen MR) is 55.5 cm³/mol. The molecule has 0 saturated heterocycles. The van der Waals surface area contributed by atoms with Gasteiger partial charge >= 0.3 is 12.0 Å². The lowest BCUT2D eigenvalue weighted by Gasteiger charge is -2.05. The fraction of sp³-hybridized carbons (Fsp3) is 0.200. The summed E-state index contributed by atoms with van der Waals surface area (Å²) in [6, 6.07) is 8.50. The second kappa shape index (κ2) is 5.64. The summed E-state index contributed by atoms with van der Waals surface area (Å²) in [5, 5.41) is 4.92. The van der Waals surface area contributed by atoms with Gasteiger partial charge in [0.1, 0.15) is 6.54 Å². The zero-order valence-electron chi connectivity index (χ0n) is 8.32. The van der Waals surface area contributed by atoms with E-state index in [0.717, 1.165) is 0 Å². The first-order chi connectivity index (χ1) is 7.22. The summed E-state index contributed by atoms with van der Waals surface area (Å²) in [6.45, 7) is -0.144. The fourth-order valence-electron chi connectivity index (χ4n) is 0.921. The van der Waals surface area contributed by atoms with Crippen LogP contribution in [0.2, 0.25) is 0 Å². The van der Waals surface area contributed by atoms with Crippen molar-refractivity contribution in [1.29, 1.82) is 0 Å². The van der Waals surface area contributed by atoms with Crippen LogP contribution in [0, 0.1) is 0 Å². The SMILES string of the molecule is COC(=O)CNC(=O)Nc1ccccc1. The molecule has 1 aromatic rings. The Bertz CT molecular complexity index is 338. The monoisotopic (exact) mass is 208 g/mol. The maximum absolute atomic E-state index is 11.2. The van der Waals surface area contributed by atoms with Gasteiger partial charge in [-0.3, -0.25) is 4.79 Å². The van der Waals surface area contributed by atoms with E-state index in [-0.39, 0.29) is 6.54 Å². The van der Waals surface area contributed by atoms with E-state index in [1.54, 1.807) is 24.3 Å². The van der Waals surface area contributed by atoms with E-state index in [0.29, 0.717) is 5.69 Å². The number of carbonyl (C=O) groups excluding carboxylic acids is 2. The van der Waals surface area contributed by atoms with Crippen molar-refractivity contribution in [1.82, 2.24) is 5.32 Å². The van der Waals surface area contributed by atoms with Crippen molar-refractivity contribution in [3.05, 3.63) is 30.3 Å². The van der Waals surface area contributed by atoms with E-state index in [2.05, 4.69) is 15.4 Å². The highest BCUT2D eigenvalue weighted by atomic mass is 16.5. The number of esters is 1. The van der Waals surface area contributed by atoms with Crippen molar-refractivity contribution >= 4 is 17.7 Å². The van der Waals surface area contributed by atoms with E-state index in [9.17, 15) is 9.59 Å². The maximum atomic E-state index is 11.2. The number of anilines is 1. The lowest BCUT2D eigenvalue weighted by molar-refractivity contribution is -0.139. The Hall–Kier alpha value is -2.04. The number of amides is 2. The first-order valence-electron chi connectivity index (χ1n) is 4.39. The van der Waals surface area contributed by atoms with Crippen molar-refractivity contribution in [2.75, 3.05) is 19.0 Å². The van der Waals surface area contributed by atoms with Crippen LogP contribution in [-0.4, -0.2) is 25.7 Å². The molecule has 1 aromatic carbocycles. The van der Waals surface area contributed by atoms with Crippen LogP contribution in [0.25, 0.3) is 0 Å². The van der Waals surface area contributed by atoms with Gasteiger partial charge in [0, 0.05) is 5.69 Å². The number of methoxy groups -OCH3 is 1. The summed E-state index contributed by atoms with van der Waals surface area (Å²) < 4.78 is 4.37. The van der Waals surface area contributed by atoms with Crippen LogP contribution < -0.4 is 10.6 Å². The zero-order valence-corrected chi connectivity index (χ0v) is 8.32. The van der Waals surface area contributed by atoms with Crippen molar-refractivity contribution in [2.24, 2.45) is 0 Å². The molecule has 0 heterocycles. The lowest BCUT2D eigenvalue weighted by atomic mass is 10.3. The van der Waals surface area contributed by atoms with Crippen LogP contribution in [-0.2, 0) is 9.53 Å². The smallest absolute Gasteiger partial charge is 0.325 e. The van der Waals surface area contributed by atoms with Gasteiger partial charge in [-0.1, -0.05) is 18.2 Å². The Morgan fingerprint density at radius 2 is 1.93 bits per heavy atom. The molecule has 0 radical (unpaired) electrons. The van der Waals surface area contributed by atoms with Gasteiger partial charge in [0.25, 0.3) is 0 Å². The van der Waals surface area contributed by atoms with Gasteiger partial charge in [-0.2, -0.15) is 0 Å². The van der Waals surface area contributed by atoms with E-state index < -0.39 is 12.0 Å². The highest BCUT2D eigenvalue weighted by Crippen LogP contribution is 2.03. The molecule has 15 heavy (non-hydrogen) atoms. The third-order valence-corrected chi connectivity index (χ3v) is 1.65. The molecule has 1 rings (SSSR count). The topological polar surface area (TPSA) is 67.4 Å². The molecule has 5 heteroatoms. The quantitative estimate of drug-likeness (QED) is 0.727. The molecular formula is C10H12N2O3. The molecule has 0 aliphatic rings. The number of carbonyl (C=O) groups is 2. The summed E-state index contributed by atoms with van der Waals surface area (Å²) in [6.07, 6.45) is 0. The van der Waals surface area contributed by atoms with Crippen LogP contribution >= 0.6 is 0 Å². The largest absolute Gasteiger partial charge is 0.468 e. The summed E-state index contributed by atoms with van der Waals surface area (Å²) in [7, 11) is 1.26. The Morgan fingerprint density at radius 1 is 1.27 bits per heavy atom. The minimum absolute atomic E-state index is 0.144. The lowest BCUT2D eigenvalue weighted by Crippen LogP contribution is -2.33. The Morgan fingerprint density at radius 3 is 2.53 bits per heavy atom. The summed E-state index contributed by atoms with van der Waals surface area (Å²) in [5.41, 5.74) is 0.667. The molecule has 0 spiro atoms. The number of hydrogen-bond acceptors (Lipinski definition) is 3. The first kappa shape index (κ1) is 11.0. The van der Waals surface area contributed by atoms with Crippen LogP contribution in [0.5, 0.6) is 0 Å². The minimum atomic E-state index is -0.488. The average Bonchev–Trinajstić information content (AvgIpc) is 2.27. The Balaban J connectivity index is 2.34. The first-order valence-corrected chi connectivity index (χ1v) is 4.39. The van der Waals surface area contributed by atoms with Gasteiger partial charge in [-0.05, 0) is 12.1 Å². The highest BCUT2D eigenvalue weighted by molar-refractivity contribution is 5.91. The average molecular weight is 208 g/mol. The number of urea groups is 1. The van der Waals surface area contributed by atoms with Crippen molar-refractivity contribution in [2.45, 2.75) is 0 Å². The summed E-state index contributed by atoms with van der Waals surface area (Å²) in [5.74, 6) is -0.488. The van der Waals surface area contributed by atoms with E-state index >= 15 is 0 Å². The van der Waals surface area contributed by atoms with Gasteiger partial charge in [-0.25, -0.2) is 4.79 Å². The maximum Gasteiger partial charge on any atom is 0.325 e. The van der Waals surface area contributed by atoms with Crippen LogP contribution in [0.1, 0.15) is 0 Å². The van der Waals surface area contributed by atoms with E-state index in [1.165, 1.54) is 7.11 Å². The molecule has 0 saturated carbocycles. The van der Waals surface area contributed by atoms with Gasteiger partial charge < -0.3 is 15.4 Å². The van der Waals surface area contributed by atoms with Crippen LogP contribution in [0.15, 0.2) is 30.3 Å². The highest BCUT2D eigenvalue weighted by Gasteiger charge is 2.04. The number of rotatable bonds is 3. The number of nitrogens with one attached hydrogen (secondary N) is 2. The Kier molecular flexibility index (Phi) is 4.15. The molecule has 0 aliphatic heterocycles. The van der Waals surface area contributed by atoms with Gasteiger partial charge in [-0.15, -0.1) is 0 Å². The van der Waals surface area contributed by atoms with Crippen molar-refractivity contribution < 1.29 is 14.3 Å². The molecular weight excluding hydrogens is 196 g/mol. The molecule has 0 aliphatic carbocycles. The molecule has 5 nitrogen and oxygen atoms in total. The second-order valence-electron chi connectivity index (χ2n) is 2.75. The number of para-hydroxylation sites is 1. The molecule has 80 valence electrons. The molecule has 2 N–H and O–H groups in total. The molecule has 0 atom stereocenters. The van der Waals surface area contributed by atoms with Gasteiger partial charge in [0.2, 0.25) is 0 Å². The third-order valence-electron chi connectivity index (χ3n) is 1.65. The number of benzene rings is 1. The Labute approximate surface area is 87.4 Å². The predicted octanol–water partition coefficient (Wildman–Crippen LogP) is 0.981. The molecule has 0 fully saturated rings. The molecule has 0 unspecified atom stereocenters. The zero-order chi connectivity index (χ0) is 11.1. The molecule has 2 amide bonds. The second-order valence-corrected chi connectivity index (χ2v) is 2.75. The van der Waals surface area contributed by atoms with E-state index in [1.807, 2.05) is 6.07 Å². The van der Waals surface area contributed by atoms with Crippen molar-refractivity contribution in [3.8, 4) is 0 Å². The fourth-order valence-corrected chi connectivity index (χ4v) is 0.921. The summed E-state index contributed by atoms with van der Waals surface area (Å²) >= 11 is 0. The minimum Gasteiger partial charge on any atom is -0.468 e. The van der Waals surface area contributed by atoms with Gasteiger partial charge in [0.05, 0.1) is 7.11 Å². The standard InChI is InChI=1S/C10H12N2O3/c1-15-9(13)7-11-10(14)12-8-5-3-2-4-6-8/h2-6H,7H2,1H3,(H2,11,12,14). The normalized spacial score (nSPS) is 9.13. The molecule has 0 bridgehead atoms. The van der Waals surface area contributed by atoms with Crippen LogP contribution in [0.3, 0.4) is 0 Å².